The van der Waals surface area contributed by atoms with E-state index in [9.17, 15) is 8.42 Å². The molecule has 2 aromatic rings. The van der Waals surface area contributed by atoms with Gasteiger partial charge in [-0.2, -0.15) is 4.31 Å². The van der Waals surface area contributed by atoms with Gasteiger partial charge in [-0.05, 0) is 30.2 Å². The van der Waals surface area contributed by atoms with Crippen LogP contribution in [0.2, 0.25) is 5.02 Å². The van der Waals surface area contributed by atoms with E-state index < -0.39 is 10.0 Å². The molecule has 1 aliphatic heterocycles. The van der Waals surface area contributed by atoms with E-state index in [0.717, 1.165) is 25.2 Å². The predicted octanol–water partition coefficient (Wildman–Crippen LogP) is 3.30. The lowest BCUT2D eigenvalue weighted by molar-refractivity contribution is 0.181. The van der Waals surface area contributed by atoms with Gasteiger partial charge in [0.05, 0.1) is 5.75 Å². The highest BCUT2D eigenvalue weighted by Gasteiger charge is 2.27. The van der Waals surface area contributed by atoms with Gasteiger partial charge < -0.3 is 0 Å². The van der Waals surface area contributed by atoms with Crippen molar-refractivity contribution in [1.82, 2.24) is 9.21 Å². The summed E-state index contributed by atoms with van der Waals surface area (Å²) in [7, 11) is -3.29. The van der Waals surface area contributed by atoms with E-state index in [0.29, 0.717) is 18.1 Å². The molecular formula is C19H23ClN2O2S. The summed E-state index contributed by atoms with van der Waals surface area (Å²) in [6, 6.07) is 15.5. The van der Waals surface area contributed by atoms with Crippen LogP contribution >= 0.6 is 11.6 Å². The van der Waals surface area contributed by atoms with Crippen LogP contribution in [0.4, 0.5) is 0 Å². The highest BCUT2D eigenvalue weighted by Crippen LogP contribution is 2.17. The van der Waals surface area contributed by atoms with Crippen molar-refractivity contribution in [2.45, 2.75) is 19.2 Å². The molecule has 25 heavy (non-hydrogen) atoms. The minimum atomic E-state index is -3.29. The van der Waals surface area contributed by atoms with Crippen LogP contribution in [0.5, 0.6) is 0 Å². The molecule has 0 aromatic heterocycles. The Balaban J connectivity index is 1.55. The van der Waals surface area contributed by atoms with Gasteiger partial charge >= 0.3 is 0 Å². The zero-order chi connectivity index (χ0) is 17.9. The number of halogens is 1. The van der Waals surface area contributed by atoms with Crippen molar-refractivity contribution in [3.8, 4) is 0 Å². The number of hydrogen-bond acceptors (Lipinski definition) is 3. The average molecular weight is 379 g/mol. The van der Waals surface area contributed by atoms with Crippen molar-refractivity contribution in [2.75, 3.05) is 26.2 Å². The number of aryl methyl sites for hydroxylation is 1. The van der Waals surface area contributed by atoms with Gasteiger partial charge in [-0.15, -0.1) is 0 Å². The first kappa shape index (κ1) is 18.4. The van der Waals surface area contributed by atoms with Crippen LogP contribution < -0.4 is 0 Å². The fourth-order valence-electron chi connectivity index (χ4n) is 3.00. The zero-order valence-corrected chi connectivity index (χ0v) is 15.9. The van der Waals surface area contributed by atoms with Crippen LogP contribution in [0.15, 0.2) is 48.5 Å². The third-order valence-electron chi connectivity index (χ3n) is 4.51. The second kappa shape index (κ2) is 7.87. The molecule has 1 aliphatic rings. The van der Waals surface area contributed by atoms with Crippen LogP contribution in [0.1, 0.15) is 16.7 Å². The van der Waals surface area contributed by atoms with Gasteiger partial charge in [-0.1, -0.05) is 53.6 Å². The molecule has 0 amide bonds. The van der Waals surface area contributed by atoms with Crippen molar-refractivity contribution in [1.29, 1.82) is 0 Å². The summed E-state index contributed by atoms with van der Waals surface area (Å²) < 4.78 is 26.8. The van der Waals surface area contributed by atoms with Gasteiger partial charge in [0.1, 0.15) is 0 Å². The lowest BCUT2D eigenvalue weighted by Gasteiger charge is -2.34. The van der Waals surface area contributed by atoms with Crippen molar-refractivity contribution in [2.24, 2.45) is 0 Å². The molecular weight excluding hydrogens is 356 g/mol. The Morgan fingerprint density at radius 3 is 2.04 bits per heavy atom. The van der Waals surface area contributed by atoms with Crippen LogP contribution in [-0.2, 0) is 22.3 Å². The highest BCUT2D eigenvalue weighted by molar-refractivity contribution is 7.88. The summed E-state index contributed by atoms with van der Waals surface area (Å²) in [6.45, 7) is 5.55. The smallest absolute Gasteiger partial charge is 0.218 e. The van der Waals surface area contributed by atoms with E-state index in [1.54, 1.807) is 28.6 Å². The number of piperazine rings is 1. The zero-order valence-electron chi connectivity index (χ0n) is 14.4. The molecule has 0 bridgehead atoms. The second-order valence-corrected chi connectivity index (χ2v) is 8.95. The minimum absolute atomic E-state index is 0.0299. The minimum Gasteiger partial charge on any atom is -0.296 e. The third-order valence-corrected chi connectivity index (χ3v) is 6.62. The summed E-state index contributed by atoms with van der Waals surface area (Å²) in [5.41, 5.74) is 3.29. The van der Waals surface area contributed by atoms with E-state index in [1.807, 2.05) is 0 Å². The lowest BCUT2D eigenvalue weighted by atomic mass is 10.1. The molecule has 0 radical (unpaired) electrons. The molecule has 134 valence electrons. The molecule has 0 atom stereocenters. The maximum absolute atomic E-state index is 12.6. The van der Waals surface area contributed by atoms with E-state index >= 15 is 0 Å². The molecule has 6 heteroatoms. The van der Waals surface area contributed by atoms with Gasteiger partial charge in [0.25, 0.3) is 0 Å². The molecule has 1 fully saturated rings. The summed E-state index contributed by atoms with van der Waals surface area (Å²) >= 11 is 5.86. The molecule has 0 N–H and O–H groups in total. The molecule has 1 saturated heterocycles. The Bertz CT molecular complexity index is 796. The number of sulfonamides is 1. The fraction of sp³-hybridized carbons (Fsp3) is 0.368. The van der Waals surface area contributed by atoms with Gasteiger partial charge in [-0.25, -0.2) is 8.42 Å². The van der Waals surface area contributed by atoms with Crippen molar-refractivity contribution >= 4 is 21.6 Å². The average Bonchev–Trinajstić information content (AvgIpc) is 2.59. The Morgan fingerprint density at radius 1 is 0.880 bits per heavy atom. The maximum Gasteiger partial charge on any atom is 0.218 e. The number of nitrogens with zero attached hydrogens (tertiary/aromatic N) is 2. The van der Waals surface area contributed by atoms with Crippen LogP contribution in [0, 0.1) is 6.92 Å². The number of benzene rings is 2. The normalized spacial score (nSPS) is 16.9. The Labute approximate surface area is 155 Å². The van der Waals surface area contributed by atoms with Crippen LogP contribution in [0.3, 0.4) is 0 Å². The summed E-state index contributed by atoms with van der Waals surface area (Å²) in [6.07, 6.45) is 0. The molecule has 0 spiro atoms. The van der Waals surface area contributed by atoms with Gasteiger partial charge in [0.15, 0.2) is 0 Å². The molecule has 3 rings (SSSR count). The molecule has 0 saturated carbocycles. The maximum atomic E-state index is 12.6. The first-order valence-corrected chi connectivity index (χ1v) is 10.4. The summed E-state index contributed by atoms with van der Waals surface area (Å²) in [5, 5.41) is 0.617. The first-order chi connectivity index (χ1) is 11.9. The van der Waals surface area contributed by atoms with Gasteiger partial charge in [0, 0.05) is 37.7 Å². The number of hydrogen-bond donors (Lipinski definition) is 0. The van der Waals surface area contributed by atoms with E-state index in [4.69, 9.17) is 11.6 Å². The Morgan fingerprint density at radius 2 is 1.44 bits per heavy atom. The van der Waals surface area contributed by atoms with Crippen LogP contribution in [0.25, 0.3) is 0 Å². The van der Waals surface area contributed by atoms with Crippen molar-refractivity contribution in [3.63, 3.8) is 0 Å². The van der Waals surface area contributed by atoms with E-state index in [2.05, 4.69) is 36.1 Å². The lowest BCUT2D eigenvalue weighted by Crippen LogP contribution is -2.48. The SMILES string of the molecule is Cc1ccc(CN2CCN(S(=O)(=O)Cc3ccc(Cl)cc3)CC2)cc1. The molecule has 1 heterocycles. The number of rotatable bonds is 5. The Kier molecular flexibility index (Phi) is 5.79. The summed E-state index contributed by atoms with van der Waals surface area (Å²) in [5.74, 6) is 0.0299. The second-order valence-electron chi connectivity index (χ2n) is 6.54. The monoisotopic (exact) mass is 378 g/mol. The molecule has 0 unspecified atom stereocenters. The first-order valence-electron chi connectivity index (χ1n) is 8.42. The molecule has 0 aliphatic carbocycles. The third kappa shape index (κ3) is 5.05. The van der Waals surface area contributed by atoms with Crippen molar-refractivity contribution < 1.29 is 8.42 Å². The largest absolute Gasteiger partial charge is 0.296 e. The van der Waals surface area contributed by atoms with Crippen LogP contribution in [-0.4, -0.2) is 43.8 Å². The highest BCUT2D eigenvalue weighted by atomic mass is 35.5. The fourth-order valence-corrected chi connectivity index (χ4v) is 4.64. The predicted molar refractivity (Wildman–Crippen MR) is 102 cm³/mol. The standard InChI is InChI=1S/C19H23ClN2O2S/c1-16-2-4-17(5-3-16)14-21-10-12-22(13-11-21)25(23,24)15-18-6-8-19(20)9-7-18/h2-9H,10-15H2,1H3. The quantitative estimate of drug-likeness (QED) is 0.801. The van der Waals surface area contributed by atoms with E-state index in [-0.39, 0.29) is 5.75 Å². The van der Waals surface area contributed by atoms with Gasteiger partial charge in [0.2, 0.25) is 10.0 Å². The molecule has 4 nitrogen and oxygen atoms in total. The molecule has 2 aromatic carbocycles. The van der Waals surface area contributed by atoms with E-state index in [1.165, 1.54) is 11.1 Å². The van der Waals surface area contributed by atoms with Crippen molar-refractivity contribution in [3.05, 3.63) is 70.2 Å². The Hall–Kier alpha value is -1.40. The topological polar surface area (TPSA) is 40.6 Å². The summed E-state index contributed by atoms with van der Waals surface area (Å²) in [4.78, 5) is 2.30. The van der Waals surface area contributed by atoms with Gasteiger partial charge in [-0.3, -0.25) is 4.90 Å².